The molecule has 2 aliphatic heterocycles. The maximum atomic E-state index is 12.2. The number of ether oxygens (including phenoxy) is 1. The van der Waals surface area contributed by atoms with Gasteiger partial charge in [0, 0.05) is 24.4 Å². The molecular weight excluding hydrogens is 487 g/mol. The number of hydrogen-bond acceptors (Lipinski definition) is 4. The lowest BCUT2D eigenvalue weighted by atomic mass is 10.1. The predicted molar refractivity (Wildman–Crippen MR) is 128 cm³/mol. The quantitative estimate of drug-likeness (QED) is 0.251. The fraction of sp³-hybridized carbons (Fsp3) is 0.600. The van der Waals surface area contributed by atoms with Gasteiger partial charge in [0.15, 0.2) is 12.6 Å². The first-order valence-electron chi connectivity index (χ1n) is 9.80. The van der Waals surface area contributed by atoms with Crippen molar-refractivity contribution < 1.29 is 9.53 Å². The Morgan fingerprint density at radius 1 is 1.36 bits per heavy atom. The Kier molecular flexibility index (Phi) is 9.20. The van der Waals surface area contributed by atoms with E-state index in [1.807, 2.05) is 40.9 Å². The van der Waals surface area contributed by atoms with Gasteiger partial charge >= 0.3 is 0 Å². The van der Waals surface area contributed by atoms with Crippen molar-refractivity contribution in [2.24, 2.45) is 4.99 Å². The number of hydrogen-bond donors (Lipinski definition) is 2. The SMILES string of the molecule is CCNC(=NCC1(C)CCCS1)NCCCN1C(=O)COc2ccccc21.I. The number of fused-ring (bicyclic) bond motifs is 1. The van der Waals surface area contributed by atoms with Crippen LogP contribution < -0.4 is 20.3 Å². The molecule has 0 aromatic heterocycles. The van der Waals surface area contributed by atoms with E-state index in [4.69, 9.17) is 9.73 Å². The van der Waals surface area contributed by atoms with Crippen LogP contribution >= 0.6 is 35.7 Å². The van der Waals surface area contributed by atoms with E-state index >= 15 is 0 Å². The lowest BCUT2D eigenvalue weighted by Gasteiger charge is -2.29. The molecule has 1 aromatic carbocycles. The molecule has 2 N–H and O–H groups in total. The largest absolute Gasteiger partial charge is 0.482 e. The first kappa shape index (κ1) is 23.1. The molecule has 8 heteroatoms. The number of halogens is 1. The van der Waals surface area contributed by atoms with E-state index in [0.29, 0.717) is 6.54 Å². The van der Waals surface area contributed by atoms with E-state index in [0.717, 1.165) is 43.5 Å². The Morgan fingerprint density at radius 2 is 2.18 bits per heavy atom. The third kappa shape index (κ3) is 6.17. The van der Waals surface area contributed by atoms with Crippen molar-refractivity contribution in [1.82, 2.24) is 10.6 Å². The van der Waals surface area contributed by atoms with Crippen LogP contribution in [0.1, 0.15) is 33.1 Å². The molecule has 1 aromatic rings. The summed E-state index contributed by atoms with van der Waals surface area (Å²) >= 11 is 2.03. The number of carbonyl (C=O) groups excluding carboxylic acids is 1. The zero-order valence-electron chi connectivity index (χ0n) is 16.7. The van der Waals surface area contributed by atoms with Crippen LogP contribution in [0.4, 0.5) is 5.69 Å². The molecule has 2 heterocycles. The van der Waals surface area contributed by atoms with Gasteiger partial charge in [-0.3, -0.25) is 9.79 Å². The van der Waals surface area contributed by atoms with Gasteiger partial charge in [-0.1, -0.05) is 12.1 Å². The van der Waals surface area contributed by atoms with Crippen LogP contribution in [0.15, 0.2) is 29.3 Å². The fourth-order valence-electron chi connectivity index (χ4n) is 3.39. The summed E-state index contributed by atoms with van der Waals surface area (Å²) < 4.78 is 5.76. The number of aliphatic imine (C=N–C) groups is 1. The first-order valence-corrected chi connectivity index (χ1v) is 10.8. The third-order valence-corrected chi connectivity index (χ3v) is 6.40. The lowest BCUT2D eigenvalue weighted by molar-refractivity contribution is -0.121. The second-order valence-electron chi connectivity index (χ2n) is 7.18. The number of nitrogens with zero attached hydrogens (tertiary/aromatic N) is 2. The van der Waals surface area contributed by atoms with Gasteiger partial charge < -0.3 is 20.3 Å². The second kappa shape index (κ2) is 11.1. The monoisotopic (exact) mass is 518 g/mol. The Bertz CT molecular complexity index is 680. The third-order valence-electron chi connectivity index (χ3n) is 4.88. The summed E-state index contributed by atoms with van der Waals surface area (Å²) in [5.74, 6) is 2.90. The molecule has 6 nitrogen and oxygen atoms in total. The summed E-state index contributed by atoms with van der Waals surface area (Å²) in [6, 6.07) is 7.70. The fourth-order valence-corrected chi connectivity index (χ4v) is 4.62. The number of benzene rings is 1. The van der Waals surface area contributed by atoms with Gasteiger partial charge in [-0.2, -0.15) is 11.8 Å². The van der Waals surface area contributed by atoms with Crippen molar-refractivity contribution in [3.63, 3.8) is 0 Å². The number of rotatable bonds is 7. The van der Waals surface area contributed by atoms with E-state index in [1.165, 1.54) is 18.6 Å². The number of thioether (sulfide) groups is 1. The van der Waals surface area contributed by atoms with Crippen LogP contribution in [0.2, 0.25) is 0 Å². The molecule has 0 saturated carbocycles. The van der Waals surface area contributed by atoms with E-state index in [2.05, 4.69) is 24.5 Å². The molecule has 0 radical (unpaired) electrons. The van der Waals surface area contributed by atoms with Gasteiger partial charge in [-0.05, 0) is 51.0 Å². The average Bonchev–Trinajstić information content (AvgIpc) is 3.11. The van der Waals surface area contributed by atoms with E-state index < -0.39 is 0 Å². The number of para-hydroxylation sites is 2. The van der Waals surface area contributed by atoms with Gasteiger partial charge in [0.2, 0.25) is 0 Å². The van der Waals surface area contributed by atoms with Crippen molar-refractivity contribution in [2.75, 3.05) is 43.4 Å². The highest BCUT2D eigenvalue weighted by Gasteiger charge is 2.29. The van der Waals surface area contributed by atoms with Crippen LogP contribution in [0.5, 0.6) is 5.75 Å². The molecule has 0 spiro atoms. The second-order valence-corrected chi connectivity index (χ2v) is 8.86. The Hall–Kier alpha value is -1.16. The maximum absolute atomic E-state index is 12.2. The molecule has 1 atom stereocenters. The summed E-state index contributed by atoms with van der Waals surface area (Å²) in [6.07, 6.45) is 3.37. The summed E-state index contributed by atoms with van der Waals surface area (Å²) in [5, 5.41) is 6.72. The Balaban J connectivity index is 0.00000280. The Morgan fingerprint density at radius 3 is 2.93 bits per heavy atom. The van der Waals surface area contributed by atoms with E-state index in [1.54, 1.807) is 0 Å². The molecule has 1 unspecified atom stereocenters. The van der Waals surface area contributed by atoms with E-state index in [-0.39, 0.29) is 41.2 Å². The first-order chi connectivity index (χ1) is 13.1. The maximum Gasteiger partial charge on any atom is 0.265 e. The Labute approximate surface area is 189 Å². The standard InChI is InChI=1S/C20H30N4O2S.HI/c1-3-21-19(23-15-20(2)10-6-13-27-20)22-11-7-12-24-16-8-4-5-9-17(16)26-14-18(24)25;/h4-5,8-9H,3,6-7,10-15H2,1-2H3,(H2,21,22,23);1H. The highest BCUT2D eigenvalue weighted by Crippen LogP contribution is 2.37. The number of guanidine groups is 1. The highest BCUT2D eigenvalue weighted by molar-refractivity contribution is 14.0. The molecule has 3 rings (SSSR count). The molecule has 0 bridgehead atoms. The van der Waals surface area contributed by atoms with E-state index in [9.17, 15) is 4.79 Å². The van der Waals surface area contributed by atoms with Crippen molar-refractivity contribution in [1.29, 1.82) is 0 Å². The van der Waals surface area contributed by atoms with Crippen molar-refractivity contribution in [3.05, 3.63) is 24.3 Å². The van der Waals surface area contributed by atoms with Crippen LogP contribution in [0, 0.1) is 0 Å². The molecular formula is C20H31IN4O2S. The number of amides is 1. The van der Waals surface area contributed by atoms with Gasteiger partial charge in [0.05, 0.1) is 12.2 Å². The molecule has 2 aliphatic rings. The average molecular weight is 518 g/mol. The predicted octanol–water partition coefficient (Wildman–Crippen LogP) is 3.26. The van der Waals surface area contributed by atoms with Crippen LogP contribution in [0.25, 0.3) is 0 Å². The normalized spacial score (nSPS) is 21.6. The molecule has 28 heavy (non-hydrogen) atoms. The van der Waals surface area contributed by atoms with Crippen molar-refractivity contribution in [3.8, 4) is 5.75 Å². The summed E-state index contributed by atoms with van der Waals surface area (Å²) in [4.78, 5) is 18.8. The molecule has 0 aliphatic carbocycles. The summed E-state index contributed by atoms with van der Waals surface area (Å²) in [5.41, 5.74) is 0.862. The van der Waals surface area contributed by atoms with Crippen molar-refractivity contribution in [2.45, 2.75) is 37.9 Å². The van der Waals surface area contributed by atoms with Gasteiger partial charge in [-0.15, -0.1) is 24.0 Å². The highest BCUT2D eigenvalue weighted by atomic mass is 127. The number of carbonyl (C=O) groups is 1. The van der Waals surface area contributed by atoms with Crippen molar-refractivity contribution >= 4 is 53.3 Å². The molecule has 1 saturated heterocycles. The minimum absolute atomic E-state index is 0. The van der Waals surface area contributed by atoms with Gasteiger partial charge in [0.1, 0.15) is 5.75 Å². The summed E-state index contributed by atoms with van der Waals surface area (Å²) in [7, 11) is 0. The minimum Gasteiger partial charge on any atom is -0.482 e. The minimum atomic E-state index is 0. The molecule has 1 fully saturated rings. The van der Waals surface area contributed by atoms with Gasteiger partial charge in [0.25, 0.3) is 5.91 Å². The zero-order chi connectivity index (χ0) is 19.1. The number of nitrogens with one attached hydrogen (secondary N) is 2. The smallest absolute Gasteiger partial charge is 0.265 e. The van der Waals surface area contributed by atoms with Crippen LogP contribution in [0.3, 0.4) is 0 Å². The van der Waals surface area contributed by atoms with Crippen LogP contribution in [-0.2, 0) is 4.79 Å². The number of anilines is 1. The topological polar surface area (TPSA) is 66.0 Å². The zero-order valence-corrected chi connectivity index (χ0v) is 19.8. The van der Waals surface area contributed by atoms with Crippen LogP contribution in [-0.4, -0.2) is 55.2 Å². The molecule has 1 amide bonds. The molecule has 156 valence electrons. The summed E-state index contributed by atoms with van der Waals surface area (Å²) in [6.45, 7) is 7.60. The van der Waals surface area contributed by atoms with Gasteiger partial charge in [-0.25, -0.2) is 0 Å². The lowest BCUT2D eigenvalue weighted by Crippen LogP contribution is -2.42.